The zero-order chi connectivity index (χ0) is 5.86. The number of carbonyl (C=O) groups excluding carboxylic acids is 1. The molecule has 41 valence electrons. The number of carbonyl (C=O) groups is 1. The lowest BCUT2D eigenvalue weighted by Crippen LogP contribution is -2.17. The summed E-state index contributed by atoms with van der Waals surface area (Å²) in [5.74, 6) is 0.447. The lowest BCUT2D eigenvalue weighted by atomic mass is 10.1. The Hall–Kier alpha value is -0.530. The molecule has 0 aromatic rings. The van der Waals surface area contributed by atoms with E-state index in [1.165, 1.54) is 0 Å². The van der Waals surface area contributed by atoms with Gasteiger partial charge in [-0.25, -0.2) is 0 Å². The maximum Gasteiger partial charge on any atom is 0.224 e. The number of primary amides is 1. The van der Waals surface area contributed by atoms with E-state index in [0.29, 0.717) is 0 Å². The predicted octanol–water partition coefficient (Wildman–Crippen LogP) is 0.476. The van der Waals surface area contributed by atoms with Gasteiger partial charge in [-0.1, -0.05) is 6.92 Å². The summed E-state index contributed by atoms with van der Waals surface area (Å²) in [7, 11) is 0. The Morgan fingerprint density at radius 1 is 1.71 bits per heavy atom. The quantitative estimate of drug-likeness (QED) is 0.538. The van der Waals surface area contributed by atoms with Crippen molar-refractivity contribution in [2.45, 2.75) is 20.3 Å². The summed E-state index contributed by atoms with van der Waals surface area (Å²) in [6.07, 6.45) is 0.759. The van der Waals surface area contributed by atoms with E-state index in [-0.39, 0.29) is 5.91 Å². The van der Waals surface area contributed by atoms with Crippen LogP contribution in [-0.4, -0.2) is 5.91 Å². The van der Waals surface area contributed by atoms with E-state index in [1.807, 2.05) is 6.92 Å². The van der Waals surface area contributed by atoms with Crippen LogP contribution >= 0.6 is 0 Å². The first-order valence-electron chi connectivity index (χ1n) is 2.30. The lowest BCUT2D eigenvalue weighted by molar-refractivity contribution is -0.116. The molecule has 0 heterocycles. The van der Waals surface area contributed by atoms with Gasteiger partial charge in [0.15, 0.2) is 0 Å². The molecule has 7 heavy (non-hydrogen) atoms. The maximum atomic E-state index is 10.1. The summed E-state index contributed by atoms with van der Waals surface area (Å²) in [6.45, 7) is 3.64. The highest BCUT2D eigenvalue weighted by molar-refractivity contribution is 5.87. The first-order valence-corrected chi connectivity index (χ1v) is 2.30. The molecule has 0 atom stereocenters. The summed E-state index contributed by atoms with van der Waals surface area (Å²) in [5.41, 5.74) is 4.87. The first kappa shape index (κ1) is 6.47. The Balaban J connectivity index is 3.34. The van der Waals surface area contributed by atoms with Crippen LogP contribution in [0.4, 0.5) is 0 Å². The largest absolute Gasteiger partial charge is 0.369 e. The van der Waals surface area contributed by atoms with E-state index < -0.39 is 0 Å². The predicted molar refractivity (Wildman–Crippen MR) is 28.4 cm³/mol. The average molecular weight is 100 g/mol. The lowest BCUT2D eigenvalue weighted by Gasteiger charge is -1.96. The van der Waals surface area contributed by atoms with E-state index in [0.717, 1.165) is 12.3 Å². The summed E-state index contributed by atoms with van der Waals surface area (Å²) >= 11 is 0. The third-order valence-corrected chi connectivity index (χ3v) is 0.951. The summed E-state index contributed by atoms with van der Waals surface area (Å²) in [5, 5.41) is 0. The second-order valence-electron chi connectivity index (χ2n) is 1.50. The van der Waals surface area contributed by atoms with Gasteiger partial charge < -0.3 is 5.73 Å². The van der Waals surface area contributed by atoms with Gasteiger partial charge in [-0.15, -0.1) is 0 Å². The van der Waals surface area contributed by atoms with E-state index >= 15 is 0 Å². The number of hydrogen-bond acceptors (Lipinski definition) is 1. The monoisotopic (exact) mass is 100 g/mol. The van der Waals surface area contributed by atoms with Gasteiger partial charge in [-0.3, -0.25) is 4.79 Å². The molecule has 1 radical (unpaired) electrons. The topological polar surface area (TPSA) is 43.1 Å². The molecule has 0 saturated heterocycles. The molecule has 0 fully saturated rings. The normalized spacial score (nSPS) is 9.57. The van der Waals surface area contributed by atoms with Gasteiger partial charge in [-0.05, 0) is 13.3 Å². The van der Waals surface area contributed by atoms with Gasteiger partial charge in [0, 0.05) is 0 Å². The number of rotatable bonds is 2. The van der Waals surface area contributed by atoms with E-state index in [1.54, 1.807) is 6.92 Å². The minimum Gasteiger partial charge on any atom is -0.369 e. The van der Waals surface area contributed by atoms with Crippen LogP contribution in [0.15, 0.2) is 0 Å². The van der Waals surface area contributed by atoms with E-state index in [2.05, 4.69) is 0 Å². The fourth-order valence-electron chi connectivity index (χ4n) is 0.174. The molecule has 2 N–H and O–H groups in total. The van der Waals surface area contributed by atoms with Crippen molar-refractivity contribution < 1.29 is 4.79 Å². The Labute approximate surface area is 43.7 Å². The molecule has 0 saturated carbocycles. The zero-order valence-corrected chi connectivity index (χ0v) is 4.69. The SMILES string of the molecule is CC[C](C)C(N)=O. The second kappa shape index (κ2) is 2.61. The molecule has 0 aromatic carbocycles. The average Bonchev–Trinajstić information content (AvgIpc) is 1.65. The van der Waals surface area contributed by atoms with E-state index in [4.69, 9.17) is 5.73 Å². The Bertz CT molecular complexity index is 70.5. The van der Waals surface area contributed by atoms with Gasteiger partial charge >= 0.3 is 0 Å². The summed E-state index contributed by atoms with van der Waals surface area (Å²) < 4.78 is 0. The fraction of sp³-hybridized carbons (Fsp3) is 0.600. The number of amides is 1. The van der Waals surface area contributed by atoms with Crippen LogP contribution in [-0.2, 0) is 4.79 Å². The number of hydrogen-bond donors (Lipinski definition) is 1. The maximum absolute atomic E-state index is 10.1. The van der Waals surface area contributed by atoms with Crippen LogP contribution < -0.4 is 5.73 Å². The number of nitrogens with two attached hydrogens (primary N) is 1. The van der Waals surface area contributed by atoms with Crippen LogP contribution in [0.5, 0.6) is 0 Å². The molecule has 0 bridgehead atoms. The van der Waals surface area contributed by atoms with Crippen molar-refractivity contribution in [2.75, 3.05) is 0 Å². The van der Waals surface area contributed by atoms with Gasteiger partial charge in [0.2, 0.25) is 5.91 Å². The third-order valence-electron chi connectivity index (χ3n) is 0.951. The molecule has 0 spiro atoms. The molecule has 0 aliphatic rings. The van der Waals surface area contributed by atoms with Crippen molar-refractivity contribution in [1.82, 2.24) is 0 Å². The van der Waals surface area contributed by atoms with Crippen LogP contribution in [0.3, 0.4) is 0 Å². The molecule has 0 unspecified atom stereocenters. The van der Waals surface area contributed by atoms with E-state index in [9.17, 15) is 4.79 Å². The molecule has 2 heteroatoms. The van der Waals surface area contributed by atoms with Gasteiger partial charge in [0.25, 0.3) is 0 Å². The minimum atomic E-state index is -0.289. The highest BCUT2D eigenvalue weighted by atomic mass is 16.1. The van der Waals surface area contributed by atoms with Gasteiger partial charge in [0.05, 0.1) is 5.92 Å². The van der Waals surface area contributed by atoms with Crippen molar-refractivity contribution in [3.63, 3.8) is 0 Å². The second-order valence-corrected chi connectivity index (χ2v) is 1.50. The Morgan fingerprint density at radius 3 is 2.14 bits per heavy atom. The smallest absolute Gasteiger partial charge is 0.224 e. The van der Waals surface area contributed by atoms with Crippen molar-refractivity contribution >= 4 is 5.91 Å². The molecule has 0 rings (SSSR count). The highest BCUT2D eigenvalue weighted by Gasteiger charge is 2.03. The summed E-state index contributed by atoms with van der Waals surface area (Å²) in [4.78, 5) is 10.1. The van der Waals surface area contributed by atoms with Crippen molar-refractivity contribution in [3.8, 4) is 0 Å². The van der Waals surface area contributed by atoms with Crippen LogP contribution in [0.25, 0.3) is 0 Å². The molecule has 0 aliphatic heterocycles. The minimum absolute atomic E-state index is 0.289. The molecular formula is C5H10NO. The van der Waals surface area contributed by atoms with Crippen molar-refractivity contribution in [1.29, 1.82) is 0 Å². The van der Waals surface area contributed by atoms with Crippen molar-refractivity contribution in [3.05, 3.63) is 5.92 Å². The van der Waals surface area contributed by atoms with Crippen LogP contribution in [0.2, 0.25) is 0 Å². The Morgan fingerprint density at radius 2 is 2.14 bits per heavy atom. The van der Waals surface area contributed by atoms with Crippen molar-refractivity contribution in [2.24, 2.45) is 5.73 Å². The van der Waals surface area contributed by atoms with Crippen LogP contribution in [0, 0.1) is 5.92 Å². The highest BCUT2D eigenvalue weighted by Crippen LogP contribution is 1.99. The molecular weight excluding hydrogens is 90.1 g/mol. The first-order chi connectivity index (χ1) is 3.18. The standard InChI is InChI=1S/C5H10NO/c1-3-4(2)5(6)7/h3H2,1-2H3,(H2,6,7). The molecule has 2 nitrogen and oxygen atoms in total. The third kappa shape index (κ3) is 2.20. The summed E-state index contributed by atoms with van der Waals surface area (Å²) in [6, 6.07) is 0. The Kier molecular flexibility index (Phi) is 2.41. The molecule has 1 amide bonds. The fourth-order valence-corrected chi connectivity index (χ4v) is 0.174. The van der Waals surface area contributed by atoms with Gasteiger partial charge in [-0.2, -0.15) is 0 Å². The molecule has 0 aromatic heterocycles. The zero-order valence-electron chi connectivity index (χ0n) is 4.69. The van der Waals surface area contributed by atoms with Gasteiger partial charge in [0.1, 0.15) is 0 Å². The van der Waals surface area contributed by atoms with Crippen LogP contribution in [0.1, 0.15) is 20.3 Å². The molecule has 0 aliphatic carbocycles.